The number of amides is 1. The zero-order chi connectivity index (χ0) is 17.2. The first kappa shape index (κ1) is 18.6. The van der Waals surface area contributed by atoms with E-state index in [1.54, 1.807) is 7.11 Å². The van der Waals surface area contributed by atoms with Gasteiger partial charge in [0.05, 0.1) is 13.7 Å². The highest BCUT2D eigenvalue weighted by Crippen LogP contribution is 2.17. The Morgan fingerprint density at radius 1 is 1.21 bits per heavy atom. The van der Waals surface area contributed by atoms with Gasteiger partial charge < -0.3 is 19.7 Å². The molecule has 1 amide bonds. The van der Waals surface area contributed by atoms with Gasteiger partial charge in [0.2, 0.25) is 5.91 Å². The molecule has 0 spiro atoms. The predicted octanol–water partition coefficient (Wildman–Crippen LogP) is 2.84. The molecule has 1 aliphatic heterocycles. The summed E-state index contributed by atoms with van der Waals surface area (Å²) in [7, 11) is 1.64. The molecule has 0 saturated carbocycles. The molecule has 0 unspecified atom stereocenters. The van der Waals surface area contributed by atoms with Gasteiger partial charge in [-0.3, -0.25) is 4.79 Å². The van der Waals surface area contributed by atoms with Crippen LogP contribution in [0.15, 0.2) is 24.3 Å². The van der Waals surface area contributed by atoms with E-state index in [4.69, 9.17) is 9.47 Å². The van der Waals surface area contributed by atoms with E-state index in [1.807, 2.05) is 24.3 Å². The first-order valence-corrected chi connectivity index (χ1v) is 9.00. The maximum absolute atomic E-state index is 12.0. The quantitative estimate of drug-likeness (QED) is 0.706. The summed E-state index contributed by atoms with van der Waals surface area (Å²) in [4.78, 5) is 14.5. The molecule has 24 heavy (non-hydrogen) atoms. The van der Waals surface area contributed by atoms with Gasteiger partial charge in [-0.05, 0) is 56.5 Å². The topological polar surface area (TPSA) is 50.8 Å². The molecular formula is C19H30N2O3. The van der Waals surface area contributed by atoms with Crippen molar-refractivity contribution in [2.75, 3.05) is 33.4 Å². The maximum Gasteiger partial charge on any atom is 0.220 e. The monoisotopic (exact) mass is 334 g/mol. The summed E-state index contributed by atoms with van der Waals surface area (Å²) in [5.74, 6) is 1.76. The van der Waals surface area contributed by atoms with Crippen LogP contribution in [-0.4, -0.2) is 50.2 Å². The molecule has 1 aliphatic rings. The van der Waals surface area contributed by atoms with Gasteiger partial charge in [-0.25, -0.2) is 0 Å². The molecule has 0 radical (unpaired) electrons. The van der Waals surface area contributed by atoms with Crippen molar-refractivity contribution in [2.45, 2.75) is 45.1 Å². The summed E-state index contributed by atoms with van der Waals surface area (Å²) >= 11 is 0. The number of carbonyl (C=O) groups is 1. The molecule has 1 fully saturated rings. The lowest BCUT2D eigenvalue weighted by Crippen LogP contribution is -2.44. The van der Waals surface area contributed by atoms with Gasteiger partial charge in [0, 0.05) is 25.6 Å². The van der Waals surface area contributed by atoms with Crippen molar-refractivity contribution in [1.29, 1.82) is 0 Å². The molecule has 5 nitrogen and oxygen atoms in total. The number of hydrogen-bond acceptors (Lipinski definition) is 4. The number of methoxy groups -OCH3 is 1. The molecule has 1 saturated heterocycles. The maximum atomic E-state index is 12.0. The van der Waals surface area contributed by atoms with Crippen LogP contribution in [0.25, 0.3) is 0 Å². The summed E-state index contributed by atoms with van der Waals surface area (Å²) < 4.78 is 10.8. The second-order valence-electron chi connectivity index (χ2n) is 6.31. The van der Waals surface area contributed by atoms with Crippen LogP contribution in [-0.2, 0) is 4.79 Å². The molecule has 134 valence electrons. The zero-order valence-electron chi connectivity index (χ0n) is 14.9. The number of hydrogen-bond donors (Lipinski definition) is 1. The molecule has 5 heteroatoms. The van der Waals surface area contributed by atoms with Crippen molar-refractivity contribution in [1.82, 2.24) is 10.2 Å². The molecule has 2 rings (SSSR count). The number of likely N-dealkylation sites (tertiary alicyclic amines) is 1. The Bertz CT molecular complexity index is 482. The van der Waals surface area contributed by atoms with Crippen LogP contribution < -0.4 is 14.8 Å². The number of ether oxygens (including phenoxy) is 2. The van der Waals surface area contributed by atoms with E-state index in [0.29, 0.717) is 19.1 Å². The Morgan fingerprint density at radius 3 is 2.50 bits per heavy atom. The van der Waals surface area contributed by atoms with E-state index >= 15 is 0 Å². The minimum atomic E-state index is 0.141. The molecule has 1 heterocycles. The van der Waals surface area contributed by atoms with Crippen molar-refractivity contribution in [2.24, 2.45) is 0 Å². The Balaban J connectivity index is 1.56. The fourth-order valence-corrected chi connectivity index (χ4v) is 3.01. The van der Waals surface area contributed by atoms with Gasteiger partial charge >= 0.3 is 0 Å². The van der Waals surface area contributed by atoms with Gasteiger partial charge in [-0.1, -0.05) is 6.92 Å². The highest BCUT2D eigenvalue weighted by Gasteiger charge is 2.19. The van der Waals surface area contributed by atoms with Crippen molar-refractivity contribution in [3.8, 4) is 11.5 Å². The van der Waals surface area contributed by atoms with E-state index in [0.717, 1.165) is 43.9 Å². The third kappa shape index (κ3) is 6.40. The molecule has 1 N–H and O–H groups in total. The first-order valence-electron chi connectivity index (χ1n) is 9.00. The fourth-order valence-electron chi connectivity index (χ4n) is 3.01. The van der Waals surface area contributed by atoms with Gasteiger partial charge in [-0.2, -0.15) is 0 Å². The van der Waals surface area contributed by atoms with Crippen LogP contribution in [0.5, 0.6) is 11.5 Å². The number of rotatable bonds is 9. The minimum absolute atomic E-state index is 0.141. The average Bonchev–Trinajstić information content (AvgIpc) is 2.61. The van der Waals surface area contributed by atoms with E-state index in [2.05, 4.69) is 17.1 Å². The lowest BCUT2D eigenvalue weighted by Gasteiger charge is -2.32. The fraction of sp³-hybridized carbons (Fsp3) is 0.632. The zero-order valence-corrected chi connectivity index (χ0v) is 14.9. The van der Waals surface area contributed by atoms with Crippen molar-refractivity contribution in [3.05, 3.63) is 24.3 Å². The molecule has 0 aliphatic carbocycles. The summed E-state index contributed by atoms with van der Waals surface area (Å²) in [5.41, 5.74) is 0. The lowest BCUT2D eigenvalue weighted by atomic mass is 10.0. The smallest absolute Gasteiger partial charge is 0.220 e. The van der Waals surface area contributed by atoms with Gasteiger partial charge in [0.25, 0.3) is 0 Å². The van der Waals surface area contributed by atoms with Gasteiger partial charge in [-0.15, -0.1) is 0 Å². The molecule has 1 aromatic rings. The predicted molar refractivity (Wildman–Crippen MR) is 95.6 cm³/mol. The third-order valence-corrected chi connectivity index (χ3v) is 4.37. The number of nitrogens with zero attached hydrogens (tertiary/aromatic N) is 1. The van der Waals surface area contributed by atoms with Gasteiger partial charge in [0.1, 0.15) is 11.5 Å². The van der Waals surface area contributed by atoms with Crippen LogP contribution in [0.1, 0.15) is 39.0 Å². The Hall–Kier alpha value is -1.75. The molecule has 0 bridgehead atoms. The molecule has 0 atom stereocenters. The lowest BCUT2D eigenvalue weighted by molar-refractivity contribution is -0.122. The summed E-state index contributed by atoms with van der Waals surface area (Å²) in [6.45, 7) is 6.12. The Kier molecular flexibility index (Phi) is 7.89. The molecule has 0 aromatic heterocycles. The second kappa shape index (κ2) is 10.2. The number of nitrogens with one attached hydrogen (secondary N) is 1. The van der Waals surface area contributed by atoms with Crippen molar-refractivity contribution < 1.29 is 14.3 Å². The van der Waals surface area contributed by atoms with Crippen LogP contribution in [0, 0.1) is 0 Å². The largest absolute Gasteiger partial charge is 0.497 e. The van der Waals surface area contributed by atoms with Crippen LogP contribution in [0.4, 0.5) is 0 Å². The number of carbonyl (C=O) groups excluding carboxylic acids is 1. The standard InChI is InChI=1S/C19H30N2O3/c1-3-12-21-13-10-16(11-14-21)20-19(22)5-4-15-24-18-8-6-17(23-2)7-9-18/h6-9,16H,3-5,10-15H2,1-2H3,(H,20,22). The molecular weight excluding hydrogens is 304 g/mol. The Labute approximate surface area is 145 Å². The molecule has 1 aromatic carbocycles. The summed E-state index contributed by atoms with van der Waals surface area (Å²) in [6.07, 6.45) is 4.57. The number of piperidine rings is 1. The second-order valence-corrected chi connectivity index (χ2v) is 6.31. The first-order chi connectivity index (χ1) is 11.7. The number of benzene rings is 1. The highest BCUT2D eigenvalue weighted by atomic mass is 16.5. The third-order valence-electron chi connectivity index (χ3n) is 4.37. The van der Waals surface area contributed by atoms with Crippen molar-refractivity contribution >= 4 is 5.91 Å². The highest BCUT2D eigenvalue weighted by molar-refractivity contribution is 5.76. The Morgan fingerprint density at radius 2 is 1.88 bits per heavy atom. The van der Waals surface area contributed by atoms with Crippen molar-refractivity contribution in [3.63, 3.8) is 0 Å². The SMILES string of the molecule is CCCN1CCC(NC(=O)CCCOc2ccc(OC)cc2)CC1. The van der Waals surface area contributed by atoms with Crippen LogP contribution in [0.2, 0.25) is 0 Å². The van der Waals surface area contributed by atoms with Gasteiger partial charge in [0.15, 0.2) is 0 Å². The van der Waals surface area contributed by atoms with Crippen LogP contribution >= 0.6 is 0 Å². The van der Waals surface area contributed by atoms with E-state index in [1.165, 1.54) is 13.0 Å². The minimum Gasteiger partial charge on any atom is -0.497 e. The summed E-state index contributed by atoms with van der Waals surface area (Å²) in [6, 6.07) is 7.83. The van der Waals surface area contributed by atoms with E-state index in [-0.39, 0.29) is 5.91 Å². The summed E-state index contributed by atoms with van der Waals surface area (Å²) in [5, 5.41) is 3.16. The van der Waals surface area contributed by atoms with E-state index in [9.17, 15) is 4.79 Å². The normalized spacial score (nSPS) is 15.9. The van der Waals surface area contributed by atoms with Crippen LogP contribution in [0.3, 0.4) is 0 Å². The van der Waals surface area contributed by atoms with E-state index < -0.39 is 0 Å². The average molecular weight is 334 g/mol.